The Kier molecular flexibility index (Phi) is 4.15. The number of ether oxygens (including phenoxy) is 1. The van der Waals surface area contributed by atoms with Gasteiger partial charge in [-0.1, -0.05) is 0 Å². The van der Waals surface area contributed by atoms with Gasteiger partial charge in [-0.3, -0.25) is 0 Å². The maximum atomic E-state index is 5.54. The fourth-order valence-electron chi connectivity index (χ4n) is 0.660. The van der Waals surface area contributed by atoms with Crippen LogP contribution in [0.5, 0.6) is 5.75 Å². The first-order valence-electron chi connectivity index (χ1n) is 2.86. The molecule has 1 rings (SSSR count). The van der Waals surface area contributed by atoms with Crippen LogP contribution in [0.25, 0.3) is 0 Å². The molecule has 4 heteroatoms. The Balaban J connectivity index is 0.000001000. The molecule has 0 aliphatic carbocycles. The number of nitrogen functional groups attached to an aromatic ring is 1. The van der Waals surface area contributed by atoms with Crippen LogP contribution >= 0.6 is 25.0 Å². The Morgan fingerprint density at radius 3 is 2.55 bits per heavy atom. The highest BCUT2D eigenvalue weighted by Crippen LogP contribution is 2.21. The molecule has 2 nitrogen and oxygen atoms in total. The van der Waals surface area contributed by atoms with Gasteiger partial charge < -0.3 is 10.5 Å². The van der Waals surface area contributed by atoms with E-state index in [1.54, 1.807) is 19.2 Å². The molecule has 0 bridgehead atoms. The number of thiol groups is 1. The second-order valence-electron chi connectivity index (χ2n) is 1.92. The molecule has 2 N–H and O–H groups in total. The zero-order valence-electron chi connectivity index (χ0n) is 6.07. The van der Waals surface area contributed by atoms with Crippen molar-refractivity contribution in [3.63, 3.8) is 0 Å². The summed E-state index contributed by atoms with van der Waals surface area (Å²) in [5.41, 5.74) is 6.18. The van der Waals surface area contributed by atoms with Gasteiger partial charge in [-0.25, -0.2) is 0 Å². The summed E-state index contributed by atoms with van der Waals surface area (Å²) in [6.07, 6.45) is 0. The van der Waals surface area contributed by atoms with E-state index in [9.17, 15) is 0 Å². The van der Waals surface area contributed by atoms with Crippen LogP contribution in [0.4, 0.5) is 5.69 Å². The van der Waals surface area contributed by atoms with Gasteiger partial charge in [0.2, 0.25) is 0 Å². The Morgan fingerprint density at radius 2 is 2.09 bits per heavy atom. The zero-order valence-corrected chi connectivity index (χ0v) is 7.78. The van der Waals surface area contributed by atoms with Crippen molar-refractivity contribution in [3.8, 4) is 5.75 Å². The Hall–Kier alpha value is -0.540. The van der Waals surface area contributed by atoms with E-state index < -0.39 is 0 Å². The molecule has 1 aromatic carbocycles. The lowest BCUT2D eigenvalue weighted by Crippen LogP contribution is -1.88. The zero-order chi connectivity index (χ0) is 7.56. The minimum Gasteiger partial charge on any atom is -0.497 e. The molecular formula is C7H10ClNOS. The third-order valence-corrected chi connectivity index (χ3v) is 1.64. The van der Waals surface area contributed by atoms with Gasteiger partial charge in [-0.05, 0) is 12.1 Å². The van der Waals surface area contributed by atoms with Crippen LogP contribution in [0.2, 0.25) is 0 Å². The third kappa shape index (κ3) is 2.52. The summed E-state index contributed by atoms with van der Waals surface area (Å²) in [7, 11) is 1.60. The summed E-state index contributed by atoms with van der Waals surface area (Å²) >= 11 is 4.10. The van der Waals surface area contributed by atoms with E-state index in [4.69, 9.17) is 10.5 Å². The number of benzene rings is 1. The fourth-order valence-corrected chi connectivity index (χ4v) is 0.799. The van der Waals surface area contributed by atoms with Crippen LogP contribution in [-0.2, 0) is 0 Å². The second-order valence-corrected chi connectivity index (χ2v) is 2.41. The minimum absolute atomic E-state index is 0. The quantitative estimate of drug-likeness (QED) is 0.526. The van der Waals surface area contributed by atoms with Crippen molar-refractivity contribution in [1.82, 2.24) is 0 Å². The molecule has 62 valence electrons. The van der Waals surface area contributed by atoms with E-state index in [1.165, 1.54) is 0 Å². The van der Waals surface area contributed by atoms with E-state index in [-0.39, 0.29) is 12.4 Å². The van der Waals surface area contributed by atoms with Gasteiger partial charge in [0.05, 0.1) is 7.11 Å². The second kappa shape index (κ2) is 4.36. The molecule has 0 amide bonds. The van der Waals surface area contributed by atoms with Gasteiger partial charge in [-0.15, -0.1) is 25.0 Å². The highest BCUT2D eigenvalue weighted by molar-refractivity contribution is 7.80. The topological polar surface area (TPSA) is 35.2 Å². The highest BCUT2D eigenvalue weighted by Gasteiger charge is 1.94. The van der Waals surface area contributed by atoms with E-state index >= 15 is 0 Å². The van der Waals surface area contributed by atoms with Gasteiger partial charge >= 0.3 is 0 Å². The van der Waals surface area contributed by atoms with Crippen molar-refractivity contribution in [1.29, 1.82) is 0 Å². The maximum Gasteiger partial charge on any atom is 0.120 e. The van der Waals surface area contributed by atoms with Gasteiger partial charge in [0, 0.05) is 16.6 Å². The average Bonchev–Trinajstić information content (AvgIpc) is 1.95. The molecule has 11 heavy (non-hydrogen) atoms. The number of nitrogens with two attached hydrogens (primary N) is 1. The lowest BCUT2D eigenvalue weighted by molar-refractivity contribution is 0.415. The van der Waals surface area contributed by atoms with Crippen LogP contribution in [0.1, 0.15) is 0 Å². The lowest BCUT2D eigenvalue weighted by atomic mass is 10.3. The van der Waals surface area contributed by atoms with Crippen molar-refractivity contribution in [2.45, 2.75) is 4.90 Å². The van der Waals surface area contributed by atoms with Crippen LogP contribution in [0.3, 0.4) is 0 Å². The number of methoxy groups -OCH3 is 1. The molecule has 0 heterocycles. The number of halogens is 1. The molecule has 0 aliphatic rings. The monoisotopic (exact) mass is 191 g/mol. The predicted octanol–water partition coefficient (Wildman–Crippen LogP) is 1.99. The SMILES string of the molecule is COc1ccc(S)c(N)c1.Cl. The number of hydrogen-bond donors (Lipinski definition) is 2. The van der Waals surface area contributed by atoms with E-state index in [1.807, 2.05) is 6.07 Å². The fraction of sp³-hybridized carbons (Fsp3) is 0.143. The third-order valence-electron chi connectivity index (χ3n) is 1.23. The molecule has 0 fully saturated rings. The van der Waals surface area contributed by atoms with Crippen LogP contribution < -0.4 is 10.5 Å². The Bertz CT molecular complexity index is 242. The largest absolute Gasteiger partial charge is 0.497 e. The normalized spacial score (nSPS) is 8.55. The molecule has 0 unspecified atom stereocenters. The molecule has 0 radical (unpaired) electrons. The Morgan fingerprint density at radius 1 is 1.45 bits per heavy atom. The molecule has 0 atom stereocenters. The smallest absolute Gasteiger partial charge is 0.120 e. The summed E-state index contributed by atoms with van der Waals surface area (Å²) in [6, 6.07) is 5.36. The van der Waals surface area contributed by atoms with Crippen LogP contribution in [-0.4, -0.2) is 7.11 Å². The van der Waals surface area contributed by atoms with Crippen molar-refractivity contribution in [3.05, 3.63) is 18.2 Å². The summed E-state index contributed by atoms with van der Waals surface area (Å²) in [5, 5.41) is 0. The standard InChI is InChI=1S/C7H9NOS.ClH/c1-9-5-2-3-7(10)6(8)4-5;/h2-4,10H,8H2,1H3;1H. The van der Waals surface area contributed by atoms with Crippen LogP contribution in [0.15, 0.2) is 23.1 Å². The maximum absolute atomic E-state index is 5.54. The predicted molar refractivity (Wildman–Crippen MR) is 51.9 cm³/mol. The number of anilines is 1. The minimum atomic E-state index is 0. The molecule has 1 aromatic rings. The number of rotatable bonds is 1. The van der Waals surface area contributed by atoms with Crippen LogP contribution in [0, 0.1) is 0 Å². The summed E-state index contributed by atoms with van der Waals surface area (Å²) in [4.78, 5) is 0.779. The molecule has 0 saturated carbocycles. The first-order valence-corrected chi connectivity index (χ1v) is 3.31. The molecule has 0 spiro atoms. The van der Waals surface area contributed by atoms with E-state index in [0.717, 1.165) is 10.6 Å². The van der Waals surface area contributed by atoms with Gasteiger partial charge in [-0.2, -0.15) is 0 Å². The molecule has 0 aliphatic heterocycles. The molecule has 0 aromatic heterocycles. The van der Waals surface area contributed by atoms with Gasteiger partial charge in [0.15, 0.2) is 0 Å². The summed E-state index contributed by atoms with van der Waals surface area (Å²) in [5.74, 6) is 0.760. The average molecular weight is 192 g/mol. The Labute approximate surface area is 77.6 Å². The van der Waals surface area contributed by atoms with E-state index in [0.29, 0.717) is 5.69 Å². The van der Waals surface area contributed by atoms with Crippen molar-refractivity contribution >= 4 is 30.7 Å². The van der Waals surface area contributed by atoms with E-state index in [2.05, 4.69) is 12.6 Å². The van der Waals surface area contributed by atoms with Gasteiger partial charge in [0.1, 0.15) is 5.75 Å². The number of hydrogen-bond acceptors (Lipinski definition) is 3. The first-order chi connectivity index (χ1) is 4.74. The first kappa shape index (κ1) is 10.5. The molecule has 0 saturated heterocycles. The van der Waals surface area contributed by atoms with Gasteiger partial charge in [0.25, 0.3) is 0 Å². The molecular weight excluding hydrogens is 182 g/mol. The lowest BCUT2D eigenvalue weighted by Gasteiger charge is -2.01. The van der Waals surface area contributed by atoms with Crippen molar-refractivity contribution in [2.24, 2.45) is 0 Å². The summed E-state index contributed by atoms with van der Waals surface area (Å²) < 4.78 is 4.94. The highest BCUT2D eigenvalue weighted by atomic mass is 35.5. The summed E-state index contributed by atoms with van der Waals surface area (Å²) in [6.45, 7) is 0. The van der Waals surface area contributed by atoms with Crippen molar-refractivity contribution < 1.29 is 4.74 Å². The van der Waals surface area contributed by atoms with Crippen molar-refractivity contribution in [2.75, 3.05) is 12.8 Å².